The highest BCUT2D eigenvalue weighted by molar-refractivity contribution is 8.00. The van der Waals surface area contributed by atoms with Gasteiger partial charge in [0.1, 0.15) is 11.4 Å². The number of aromatic nitrogens is 2. The van der Waals surface area contributed by atoms with E-state index >= 15 is 0 Å². The molecule has 0 saturated carbocycles. The van der Waals surface area contributed by atoms with Crippen molar-refractivity contribution in [1.82, 2.24) is 14.7 Å². The van der Waals surface area contributed by atoms with E-state index in [1.807, 2.05) is 73.7 Å². The van der Waals surface area contributed by atoms with Crippen molar-refractivity contribution in [2.45, 2.75) is 30.9 Å². The molecular formula is C37H35N5O4S. The fourth-order valence-corrected chi connectivity index (χ4v) is 5.81. The fraction of sp³-hybridized carbons (Fsp3) is 0.135. The van der Waals surface area contributed by atoms with Gasteiger partial charge in [0.25, 0.3) is 17.4 Å². The monoisotopic (exact) mass is 645 g/mol. The van der Waals surface area contributed by atoms with Crippen LogP contribution >= 0.6 is 11.8 Å². The van der Waals surface area contributed by atoms with Crippen LogP contribution in [0.3, 0.4) is 0 Å². The van der Waals surface area contributed by atoms with E-state index in [1.165, 1.54) is 16.4 Å². The number of aryl methyl sites for hydroxylation is 1. The number of thioether (sulfide) groups is 1. The summed E-state index contributed by atoms with van der Waals surface area (Å²) in [6.07, 6.45) is 1.65. The minimum Gasteiger partial charge on any atom is -0.321 e. The van der Waals surface area contributed by atoms with Gasteiger partial charge in [0.2, 0.25) is 5.91 Å². The first-order valence-corrected chi connectivity index (χ1v) is 15.9. The summed E-state index contributed by atoms with van der Waals surface area (Å²) in [6, 6.07) is 32.6. The van der Waals surface area contributed by atoms with Gasteiger partial charge in [0, 0.05) is 23.2 Å². The summed E-state index contributed by atoms with van der Waals surface area (Å²) in [5.41, 5.74) is 3.96. The molecule has 5 aromatic rings. The predicted molar refractivity (Wildman–Crippen MR) is 188 cm³/mol. The molecule has 0 aliphatic carbocycles. The van der Waals surface area contributed by atoms with Gasteiger partial charge in [-0.2, -0.15) is 0 Å². The Morgan fingerprint density at radius 3 is 2.17 bits per heavy atom. The van der Waals surface area contributed by atoms with Crippen LogP contribution in [0, 0.1) is 13.8 Å². The van der Waals surface area contributed by atoms with Crippen LogP contribution in [0.4, 0.5) is 11.4 Å². The number of rotatable bonds is 10. The Morgan fingerprint density at radius 2 is 1.47 bits per heavy atom. The molecule has 3 amide bonds. The van der Waals surface area contributed by atoms with Gasteiger partial charge in [0.15, 0.2) is 0 Å². The number of anilines is 2. The van der Waals surface area contributed by atoms with Crippen molar-refractivity contribution in [2.24, 2.45) is 7.05 Å². The van der Waals surface area contributed by atoms with Crippen LogP contribution in [-0.2, 0) is 16.6 Å². The lowest BCUT2D eigenvalue weighted by atomic mass is 10.1. The first-order chi connectivity index (χ1) is 22.6. The van der Waals surface area contributed by atoms with Crippen molar-refractivity contribution in [2.75, 3.05) is 10.6 Å². The minimum atomic E-state index is -0.563. The van der Waals surface area contributed by atoms with Gasteiger partial charge in [-0.15, -0.1) is 11.8 Å². The third-order valence-corrected chi connectivity index (χ3v) is 8.69. The molecule has 0 saturated heterocycles. The lowest BCUT2D eigenvalue weighted by molar-refractivity contribution is -0.115. The number of carbonyl (C=O) groups is 3. The largest absolute Gasteiger partial charge is 0.321 e. The number of carbonyl (C=O) groups excluding carboxylic acids is 3. The number of amides is 3. The maximum absolute atomic E-state index is 13.5. The summed E-state index contributed by atoms with van der Waals surface area (Å²) in [6.45, 7) is 5.46. The van der Waals surface area contributed by atoms with Gasteiger partial charge in [-0.1, -0.05) is 66.7 Å². The van der Waals surface area contributed by atoms with E-state index in [4.69, 9.17) is 0 Å². The maximum atomic E-state index is 13.5. The SMILES string of the molecule is Cc1ccccc1/C=C(\NC(=O)c1ccccc1)C(=O)Nc1cccc(SC(C)C(=O)Nc2c(C)n(C)n(-c3ccccc3)c2=O)c1. The molecule has 0 fully saturated rings. The smallest absolute Gasteiger partial charge is 0.295 e. The van der Waals surface area contributed by atoms with Crippen molar-refractivity contribution >= 4 is 46.9 Å². The Balaban J connectivity index is 1.30. The molecule has 1 aromatic heterocycles. The summed E-state index contributed by atoms with van der Waals surface area (Å²) in [5.74, 6) is -1.24. The molecular weight excluding hydrogens is 611 g/mol. The van der Waals surface area contributed by atoms with Gasteiger partial charge in [0.05, 0.1) is 16.6 Å². The van der Waals surface area contributed by atoms with Gasteiger partial charge in [-0.25, -0.2) is 4.68 Å². The zero-order valence-corrected chi connectivity index (χ0v) is 27.3. The Labute approximate surface area is 277 Å². The Morgan fingerprint density at radius 1 is 0.809 bits per heavy atom. The van der Waals surface area contributed by atoms with Crippen LogP contribution in [-0.4, -0.2) is 32.3 Å². The summed E-state index contributed by atoms with van der Waals surface area (Å²) in [4.78, 5) is 53.8. The third kappa shape index (κ3) is 7.79. The van der Waals surface area contributed by atoms with Crippen LogP contribution in [0.1, 0.15) is 34.1 Å². The molecule has 1 atom stereocenters. The maximum Gasteiger partial charge on any atom is 0.295 e. The highest BCUT2D eigenvalue weighted by Crippen LogP contribution is 2.27. The van der Waals surface area contributed by atoms with Gasteiger partial charge >= 0.3 is 0 Å². The number of nitrogens with one attached hydrogen (secondary N) is 3. The van der Waals surface area contributed by atoms with Gasteiger partial charge in [-0.3, -0.25) is 23.9 Å². The zero-order valence-electron chi connectivity index (χ0n) is 26.5. The normalized spacial score (nSPS) is 11.9. The molecule has 0 aliphatic rings. The molecule has 10 heteroatoms. The Kier molecular flexibility index (Phi) is 10.2. The summed E-state index contributed by atoms with van der Waals surface area (Å²) in [7, 11) is 1.77. The van der Waals surface area contributed by atoms with Crippen LogP contribution in [0.5, 0.6) is 0 Å². The van der Waals surface area contributed by atoms with Gasteiger partial charge in [-0.05, 0) is 80.4 Å². The van der Waals surface area contributed by atoms with E-state index in [-0.39, 0.29) is 22.9 Å². The van der Waals surface area contributed by atoms with Crippen molar-refractivity contribution in [3.05, 3.63) is 148 Å². The van der Waals surface area contributed by atoms with Gasteiger partial charge < -0.3 is 16.0 Å². The summed E-state index contributed by atoms with van der Waals surface area (Å²) in [5, 5.41) is 7.90. The van der Waals surface area contributed by atoms with E-state index in [2.05, 4.69) is 16.0 Å². The fourth-order valence-electron chi connectivity index (χ4n) is 4.89. The number of hydrogen-bond acceptors (Lipinski definition) is 5. The summed E-state index contributed by atoms with van der Waals surface area (Å²) < 4.78 is 3.22. The van der Waals surface area contributed by atoms with E-state index in [0.29, 0.717) is 22.6 Å². The second-order valence-electron chi connectivity index (χ2n) is 10.9. The first-order valence-electron chi connectivity index (χ1n) is 15.0. The topological polar surface area (TPSA) is 114 Å². The molecule has 47 heavy (non-hydrogen) atoms. The van der Waals surface area contributed by atoms with Crippen molar-refractivity contribution < 1.29 is 14.4 Å². The number of benzene rings is 4. The van der Waals surface area contributed by atoms with Crippen LogP contribution in [0.15, 0.2) is 125 Å². The molecule has 238 valence electrons. The molecule has 0 spiro atoms. The van der Waals surface area contributed by atoms with Crippen molar-refractivity contribution in [3.8, 4) is 5.69 Å². The number of para-hydroxylation sites is 1. The molecule has 1 unspecified atom stereocenters. The average molecular weight is 646 g/mol. The van der Waals surface area contributed by atoms with E-state index in [9.17, 15) is 19.2 Å². The van der Waals surface area contributed by atoms with Crippen molar-refractivity contribution in [3.63, 3.8) is 0 Å². The molecule has 9 nitrogen and oxygen atoms in total. The Hall–Kier alpha value is -5.61. The number of nitrogens with zero attached hydrogens (tertiary/aromatic N) is 2. The molecule has 0 radical (unpaired) electrons. The van der Waals surface area contributed by atoms with E-state index in [0.717, 1.165) is 16.0 Å². The van der Waals surface area contributed by atoms with E-state index < -0.39 is 17.1 Å². The Bertz CT molecular complexity index is 2020. The zero-order chi connectivity index (χ0) is 33.5. The average Bonchev–Trinajstić information content (AvgIpc) is 3.28. The molecule has 3 N–H and O–H groups in total. The predicted octanol–water partition coefficient (Wildman–Crippen LogP) is 6.32. The first kappa shape index (κ1) is 32.8. The standard InChI is InChI=1S/C37H35N5O4S/c1-24-14-11-12-17-28(24)22-32(39-35(44)27-15-7-5-8-16-27)36(45)38-29-18-13-21-31(23-29)47-26(3)34(43)40-33-25(2)41(4)42(37(33)46)30-19-9-6-10-20-30/h5-23,26H,1-4H3,(H,38,45)(H,39,44)(H,40,43)/b32-22-. The molecule has 0 bridgehead atoms. The molecule has 4 aromatic carbocycles. The lowest BCUT2D eigenvalue weighted by Crippen LogP contribution is -2.30. The lowest BCUT2D eigenvalue weighted by Gasteiger charge is -2.14. The van der Waals surface area contributed by atoms with Crippen LogP contribution in [0.2, 0.25) is 0 Å². The highest BCUT2D eigenvalue weighted by Gasteiger charge is 2.22. The second-order valence-corrected chi connectivity index (χ2v) is 12.3. The summed E-state index contributed by atoms with van der Waals surface area (Å²) >= 11 is 1.29. The molecule has 0 aliphatic heterocycles. The highest BCUT2D eigenvalue weighted by atomic mass is 32.2. The molecule has 5 rings (SSSR count). The second kappa shape index (κ2) is 14.7. The van der Waals surface area contributed by atoms with Crippen LogP contribution in [0.25, 0.3) is 11.8 Å². The molecule has 1 heterocycles. The van der Waals surface area contributed by atoms with Crippen LogP contribution < -0.4 is 21.5 Å². The van der Waals surface area contributed by atoms with Crippen molar-refractivity contribution in [1.29, 1.82) is 0 Å². The van der Waals surface area contributed by atoms with E-state index in [1.54, 1.807) is 74.1 Å². The number of hydrogen-bond donors (Lipinski definition) is 3. The minimum absolute atomic E-state index is 0.0818. The quantitative estimate of drug-likeness (QED) is 0.122. The third-order valence-electron chi connectivity index (χ3n) is 7.59.